The van der Waals surface area contributed by atoms with Gasteiger partial charge in [0.2, 0.25) is 5.90 Å². The summed E-state index contributed by atoms with van der Waals surface area (Å²) in [6, 6.07) is 9.53. The van der Waals surface area contributed by atoms with E-state index in [0.29, 0.717) is 0 Å². The van der Waals surface area contributed by atoms with Gasteiger partial charge in [0.1, 0.15) is 5.82 Å². The largest absolute Gasteiger partial charge is 0.402 e. The number of ether oxygens (including phenoxy) is 1. The zero-order chi connectivity index (χ0) is 13.9. The molecule has 0 aliphatic carbocycles. The lowest BCUT2D eigenvalue weighted by Gasteiger charge is -1.99. The molecule has 0 bridgehead atoms. The average Bonchev–Trinajstić information content (AvgIpc) is 2.81. The van der Waals surface area contributed by atoms with Crippen molar-refractivity contribution in [3.63, 3.8) is 0 Å². The summed E-state index contributed by atoms with van der Waals surface area (Å²) in [4.78, 5) is 19.7. The molecule has 1 aromatic carbocycles. The van der Waals surface area contributed by atoms with Crippen molar-refractivity contribution in [2.45, 2.75) is 0 Å². The summed E-state index contributed by atoms with van der Waals surface area (Å²) in [6.07, 6.45) is 4.77. The van der Waals surface area contributed by atoms with Crippen LogP contribution in [-0.2, 0) is 9.53 Å². The van der Waals surface area contributed by atoms with Crippen LogP contribution in [0.5, 0.6) is 0 Å². The van der Waals surface area contributed by atoms with Gasteiger partial charge in [-0.25, -0.2) is 14.2 Å². The fourth-order valence-electron chi connectivity index (χ4n) is 1.78. The van der Waals surface area contributed by atoms with E-state index in [4.69, 9.17) is 4.74 Å². The highest BCUT2D eigenvalue weighted by Gasteiger charge is 2.25. The first-order valence-electron chi connectivity index (χ1n) is 5.91. The molecular formula is C15H9FN2O2. The fraction of sp³-hybridized carbons (Fsp3) is 0. The van der Waals surface area contributed by atoms with Crippen molar-refractivity contribution in [1.82, 2.24) is 4.98 Å². The molecule has 0 spiro atoms. The number of nitrogens with zero attached hydrogens (tertiary/aromatic N) is 2. The molecule has 4 nitrogen and oxygen atoms in total. The lowest BCUT2D eigenvalue weighted by molar-refractivity contribution is -0.129. The topological polar surface area (TPSA) is 51.5 Å². The Hall–Kier alpha value is -2.82. The molecule has 1 aliphatic heterocycles. The van der Waals surface area contributed by atoms with Crippen LogP contribution in [0, 0.1) is 5.82 Å². The van der Waals surface area contributed by atoms with Crippen LogP contribution in [-0.4, -0.2) is 16.9 Å². The first kappa shape index (κ1) is 12.2. The summed E-state index contributed by atoms with van der Waals surface area (Å²) in [7, 11) is 0. The van der Waals surface area contributed by atoms with Crippen LogP contribution in [0.1, 0.15) is 11.1 Å². The van der Waals surface area contributed by atoms with Crippen LogP contribution in [0.25, 0.3) is 6.08 Å². The molecule has 2 aromatic rings. The Balaban J connectivity index is 1.98. The zero-order valence-corrected chi connectivity index (χ0v) is 10.3. The van der Waals surface area contributed by atoms with E-state index in [2.05, 4.69) is 9.98 Å². The third-order valence-corrected chi connectivity index (χ3v) is 2.71. The number of aromatic nitrogens is 1. The highest BCUT2D eigenvalue weighted by atomic mass is 19.1. The number of cyclic esters (lactones) is 1. The Morgan fingerprint density at radius 3 is 2.75 bits per heavy atom. The third kappa shape index (κ3) is 2.33. The Kier molecular flexibility index (Phi) is 3.09. The van der Waals surface area contributed by atoms with E-state index in [9.17, 15) is 9.18 Å². The van der Waals surface area contributed by atoms with Crippen LogP contribution in [0.4, 0.5) is 4.39 Å². The van der Waals surface area contributed by atoms with Gasteiger partial charge in [-0.05, 0) is 29.8 Å². The van der Waals surface area contributed by atoms with Crippen molar-refractivity contribution in [2.24, 2.45) is 4.99 Å². The number of halogens is 1. The molecule has 2 heterocycles. The zero-order valence-electron chi connectivity index (χ0n) is 10.3. The third-order valence-electron chi connectivity index (χ3n) is 2.71. The predicted octanol–water partition coefficient (Wildman–Crippen LogP) is 2.57. The maximum absolute atomic E-state index is 13.6. The van der Waals surface area contributed by atoms with Crippen molar-refractivity contribution in [3.05, 3.63) is 71.4 Å². The van der Waals surface area contributed by atoms with Crippen molar-refractivity contribution >= 4 is 17.9 Å². The molecule has 0 radical (unpaired) electrons. The summed E-state index contributed by atoms with van der Waals surface area (Å²) >= 11 is 0. The second-order valence-electron chi connectivity index (χ2n) is 4.10. The summed E-state index contributed by atoms with van der Waals surface area (Å²) in [5, 5.41) is 0. The minimum absolute atomic E-state index is 0.0248. The quantitative estimate of drug-likeness (QED) is 0.621. The van der Waals surface area contributed by atoms with Gasteiger partial charge >= 0.3 is 5.97 Å². The van der Waals surface area contributed by atoms with Crippen LogP contribution in [0.3, 0.4) is 0 Å². The van der Waals surface area contributed by atoms with Gasteiger partial charge in [-0.1, -0.05) is 18.2 Å². The second kappa shape index (κ2) is 5.05. The van der Waals surface area contributed by atoms with E-state index in [1.165, 1.54) is 12.1 Å². The van der Waals surface area contributed by atoms with Crippen LogP contribution >= 0.6 is 0 Å². The summed E-state index contributed by atoms with van der Waals surface area (Å²) in [6.45, 7) is 0. The molecule has 0 fully saturated rings. The van der Waals surface area contributed by atoms with Crippen LogP contribution < -0.4 is 0 Å². The summed E-state index contributed by atoms with van der Waals surface area (Å²) in [5.41, 5.74) is 1.00. The Bertz CT molecular complexity index is 724. The van der Waals surface area contributed by atoms with Crippen molar-refractivity contribution in [2.75, 3.05) is 0 Å². The van der Waals surface area contributed by atoms with Gasteiger partial charge in [-0.15, -0.1) is 0 Å². The van der Waals surface area contributed by atoms with Crippen molar-refractivity contribution < 1.29 is 13.9 Å². The molecule has 0 unspecified atom stereocenters. The van der Waals surface area contributed by atoms with Crippen LogP contribution in [0.15, 0.2) is 59.5 Å². The van der Waals surface area contributed by atoms with Gasteiger partial charge in [-0.2, -0.15) is 0 Å². The smallest absolute Gasteiger partial charge is 0.363 e. The number of esters is 1. The van der Waals surface area contributed by atoms with Gasteiger partial charge in [0.15, 0.2) is 5.70 Å². The molecule has 98 valence electrons. The molecule has 1 aliphatic rings. The number of pyridine rings is 1. The number of hydrogen-bond donors (Lipinski definition) is 0. The highest BCUT2D eigenvalue weighted by Crippen LogP contribution is 2.20. The molecular weight excluding hydrogens is 259 g/mol. The van der Waals surface area contributed by atoms with Gasteiger partial charge in [0.25, 0.3) is 0 Å². The lowest BCUT2D eigenvalue weighted by atomic mass is 10.2. The molecule has 3 rings (SSSR count). The summed E-state index contributed by atoms with van der Waals surface area (Å²) in [5.74, 6) is -1.11. The predicted molar refractivity (Wildman–Crippen MR) is 71.2 cm³/mol. The van der Waals surface area contributed by atoms with Crippen LogP contribution in [0.2, 0.25) is 0 Å². The van der Waals surface area contributed by atoms with E-state index in [0.717, 1.165) is 5.56 Å². The molecule has 0 amide bonds. The van der Waals surface area contributed by atoms with Crippen molar-refractivity contribution in [3.8, 4) is 0 Å². The fourth-order valence-corrected chi connectivity index (χ4v) is 1.78. The molecule has 0 saturated carbocycles. The van der Waals surface area contributed by atoms with Crippen molar-refractivity contribution in [1.29, 1.82) is 0 Å². The number of benzene rings is 1. The summed E-state index contributed by atoms with van der Waals surface area (Å²) < 4.78 is 18.6. The van der Waals surface area contributed by atoms with Gasteiger partial charge in [-0.3, -0.25) is 4.98 Å². The molecule has 0 saturated heterocycles. The Labute approximate surface area is 114 Å². The molecule has 0 N–H and O–H groups in total. The first-order chi connectivity index (χ1) is 9.74. The molecule has 20 heavy (non-hydrogen) atoms. The van der Waals surface area contributed by atoms with E-state index in [1.807, 2.05) is 0 Å². The maximum atomic E-state index is 13.6. The van der Waals surface area contributed by atoms with E-state index >= 15 is 0 Å². The monoisotopic (exact) mass is 268 g/mol. The number of carbonyl (C=O) groups is 1. The van der Waals surface area contributed by atoms with Gasteiger partial charge in [0, 0.05) is 12.4 Å². The van der Waals surface area contributed by atoms with E-state index in [-0.39, 0.29) is 17.2 Å². The number of carbonyl (C=O) groups excluding carboxylic acids is 1. The lowest BCUT2D eigenvalue weighted by Crippen LogP contribution is -2.07. The molecule has 5 heteroatoms. The SMILES string of the molecule is O=C1OC(c2ccccc2F)=NC1=Cc1cccnc1. The number of rotatable bonds is 2. The van der Waals surface area contributed by atoms with Gasteiger partial charge < -0.3 is 4.74 Å². The average molecular weight is 268 g/mol. The number of aliphatic imine (C=N–C) groups is 1. The second-order valence-corrected chi connectivity index (χ2v) is 4.10. The standard InChI is InChI=1S/C15H9FN2O2/c16-12-6-2-1-5-11(12)14-18-13(15(19)20-14)8-10-4-3-7-17-9-10/h1-9H. The Morgan fingerprint density at radius 1 is 1.15 bits per heavy atom. The molecule has 1 aromatic heterocycles. The maximum Gasteiger partial charge on any atom is 0.363 e. The molecule has 0 atom stereocenters. The Morgan fingerprint density at radius 2 is 2.00 bits per heavy atom. The van der Waals surface area contributed by atoms with Gasteiger partial charge in [0.05, 0.1) is 5.56 Å². The first-order valence-corrected chi connectivity index (χ1v) is 5.91. The van der Waals surface area contributed by atoms with E-state index < -0.39 is 11.8 Å². The minimum atomic E-state index is -0.605. The number of hydrogen-bond acceptors (Lipinski definition) is 4. The minimum Gasteiger partial charge on any atom is -0.402 e. The highest BCUT2D eigenvalue weighted by molar-refractivity contribution is 6.12. The normalized spacial score (nSPS) is 16.1. The van der Waals surface area contributed by atoms with E-state index in [1.54, 1.807) is 42.7 Å².